The van der Waals surface area contributed by atoms with Gasteiger partial charge in [-0.2, -0.15) is 0 Å². The van der Waals surface area contributed by atoms with E-state index in [1.54, 1.807) is 6.07 Å². The summed E-state index contributed by atoms with van der Waals surface area (Å²) in [5, 5.41) is 0.681. The molecule has 3 nitrogen and oxygen atoms in total. The number of benzene rings is 2. The number of rotatable bonds is 4. The lowest BCUT2D eigenvalue weighted by atomic mass is 10.2. The molecule has 0 aliphatic carbocycles. The standard InChI is InChI=1S/C15H16ClNO2/c1-3-18-13-5-4-6-14(15(13)17)19-12-8-7-11(16)9-10(12)2/h4-9H,3,17H2,1-2H3. The molecule has 0 aromatic heterocycles. The Hall–Kier alpha value is -1.87. The van der Waals surface area contributed by atoms with Gasteiger partial charge >= 0.3 is 0 Å². The topological polar surface area (TPSA) is 44.5 Å². The average Bonchev–Trinajstić information content (AvgIpc) is 2.37. The van der Waals surface area contributed by atoms with E-state index < -0.39 is 0 Å². The van der Waals surface area contributed by atoms with Crippen molar-refractivity contribution in [2.24, 2.45) is 0 Å². The van der Waals surface area contributed by atoms with Gasteiger partial charge in [0.05, 0.1) is 6.61 Å². The highest BCUT2D eigenvalue weighted by Crippen LogP contribution is 2.35. The van der Waals surface area contributed by atoms with Crippen LogP contribution in [0.2, 0.25) is 5.02 Å². The zero-order valence-corrected chi connectivity index (χ0v) is 11.7. The highest BCUT2D eigenvalue weighted by atomic mass is 35.5. The van der Waals surface area contributed by atoms with Crippen LogP contribution >= 0.6 is 11.6 Å². The molecule has 0 atom stereocenters. The molecule has 100 valence electrons. The van der Waals surface area contributed by atoms with Crippen molar-refractivity contribution < 1.29 is 9.47 Å². The minimum absolute atomic E-state index is 0.499. The molecule has 0 bridgehead atoms. The molecule has 2 aromatic carbocycles. The van der Waals surface area contributed by atoms with E-state index >= 15 is 0 Å². The molecule has 4 heteroatoms. The fourth-order valence-corrected chi connectivity index (χ4v) is 1.97. The summed E-state index contributed by atoms with van der Waals surface area (Å²) in [6.45, 7) is 4.41. The van der Waals surface area contributed by atoms with Gasteiger partial charge in [0.15, 0.2) is 5.75 Å². The number of para-hydroxylation sites is 1. The minimum Gasteiger partial charge on any atom is -0.492 e. The second kappa shape index (κ2) is 5.85. The van der Waals surface area contributed by atoms with Crippen molar-refractivity contribution in [1.29, 1.82) is 0 Å². The molecule has 2 aromatic rings. The Bertz CT molecular complexity index is 584. The van der Waals surface area contributed by atoms with Gasteiger partial charge in [0, 0.05) is 5.02 Å². The van der Waals surface area contributed by atoms with Crippen molar-refractivity contribution in [2.45, 2.75) is 13.8 Å². The van der Waals surface area contributed by atoms with E-state index in [0.29, 0.717) is 28.8 Å². The summed E-state index contributed by atoms with van der Waals surface area (Å²) in [7, 11) is 0. The smallest absolute Gasteiger partial charge is 0.154 e. The van der Waals surface area contributed by atoms with E-state index in [4.69, 9.17) is 26.8 Å². The van der Waals surface area contributed by atoms with Gasteiger partial charge in [0.2, 0.25) is 0 Å². The monoisotopic (exact) mass is 277 g/mol. The number of anilines is 1. The molecule has 0 amide bonds. The van der Waals surface area contributed by atoms with E-state index in [1.165, 1.54) is 0 Å². The van der Waals surface area contributed by atoms with Gasteiger partial charge in [-0.3, -0.25) is 0 Å². The van der Waals surface area contributed by atoms with Gasteiger partial charge in [-0.05, 0) is 49.7 Å². The molecule has 2 N–H and O–H groups in total. The summed E-state index contributed by atoms with van der Waals surface area (Å²) in [6, 6.07) is 10.9. The second-order valence-corrected chi connectivity index (χ2v) is 4.55. The van der Waals surface area contributed by atoms with Crippen LogP contribution in [-0.2, 0) is 0 Å². The Labute approximate surface area is 117 Å². The highest BCUT2D eigenvalue weighted by Gasteiger charge is 2.09. The second-order valence-electron chi connectivity index (χ2n) is 4.11. The number of aryl methyl sites for hydroxylation is 1. The zero-order chi connectivity index (χ0) is 13.8. The van der Waals surface area contributed by atoms with Crippen molar-refractivity contribution >= 4 is 17.3 Å². The maximum atomic E-state index is 6.02. The minimum atomic E-state index is 0.499. The van der Waals surface area contributed by atoms with Crippen molar-refractivity contribution in [3.05, 3.63) is 47.0 Å². The Balaban J connectivity index is 2.30. The van der Waals surface area contributed by atoms with Gasteiger partial charge in [-0.1, -0.05) is 17.7 Å². The molecule has 19 heavy (non-hydrogen) atoms. The summed E-state index contributed by atoms with van der Waals surface area (Å²) in [6.07, 6.45) is 0. The summed E-state index contributed by atoms with van der Waals surface area (Å²) < 4.78 is 11.3. The molecular weight excluding hydrogens is 262 g/mol. The third-order valence-corrected chi connectivity index (χ3v) is 2.92. The first-order chi connectivity index (χ1) is 9.11. The van der Waals surface area contributed by atoms with E-state index in [1.807, 2.05) is 44.2 Å². The van der Waals surface area contributed by atoms with Crippen molar-refractivity contribution in [3.63, 3.8) is 0 Å². The van der Waals surface area contributed by atoms with Crippen molar-refractivity contribution in [2.75, 3.05) is 12.3 Å². The van der Waals surface area contributed by atoms with E-state index in [2.05, 4.69) is 0 Å². The third kappa shape index (κ3) is 3.12. The largest absolute Gasteiger partial charge is 0.492 e. The van der Waals surface area contributed by atoms with Crippen LogP contribution in [-0.4, -0.2) is 6.61 Å². The van der Waals surface area contributed by atoms with Crippen LogP contribution < -0.4 is 15.2 Å². The van der Waals surface area contributed by atoms with E-state index in [-0.39, 0.29) is 0 Å². The first-order valence-corrected chi connectivity index (χ1v) is 6.45. The molecule has 0 unspecified atom stereocenters. The summed E-state index contributed by atoms with van der Waals surface area (Å²) in [4.78, 5) is 0. The third-order valence-electron chi connectivity index (χ3n) is 2.68. The quantitative estimate of drug-likeness (QED) is 0.841. The average molecular weight is 278 g/mol. The number of nitrogen functional groups attached to an aromatic ring is 1. The normalized spacial score (nSPS) is 10.3. The van der Waals surface area contributed by atoms with Crippen LogP contribution in [0.15, 0.2) is 36.4 Å². The van der Waals surface area contributed by atoms with Crippen LogP contribution in [0.1, 0.15) is 12.5 Å². The number of ether oxygens (including phenoxy) is 2. The lowest BCUT2D eigenvalue weighted by Crippen LogP contribution is -1.99. The predicted octanol–water partition coefficient (Wildman–Crippen LogP) is 4.42. The fraction of sp³-hybridized carbons (Fsp3) is 0.200. The number of nitrogens with two attached hydrogens (primary N) is 1. The first kappa shape index (κ1) is 13.6. The number of hydrogen-bond acceptors (Lipinski definition) is 3. The van der Waals surface area contributed by atoms with Crippen LogP contribution in [0.3, 0.4) is 0 Å². The summed E-state index contributed by atoms with van der Waals surface area (Å²) in [5.74, 6) is 1.94. The Kier molecular flexibility index (Phi) is 4.17. The maximum Gasteiger partial charge on any atom is 0.154 e. The highest BCUT2D eigenvalue weighted by molar-refractivity contribution is 6.30. The SMILES string of the molecule is CCOc1cccc(Oc2ccc(Cl)cc2C)c1N. The van der Waals surface area contributed by atoms with E-state index in [9.17, 15) is 0 Å². The summed E-state index contributed by atoms with van der Waals surface area (Å²) >= 11 is 5.92. The molecule has 0 heterocycles. The molecule has 0 aliphatic heterocycles. The molecule has 0 saturated heterocycles. The van der Waals surface area contributed by atoms with Gasteiger partial charge in [-0.25, -0.2) is 0 Å². The molecule has 0 aliphatic rings. The summed E-state index contributed by atoms with van der Waals surface area (Å²) in [5.41, 5.74) is 7.47. The van der Waals surface area contributed by atoms with Crippen molar-refractivity contribution in [1.82, 2.24) is 0 Å². The first-order valence-electron chi connectivity index (χ1n) is 6.07. The maximum absolute atomic E-state index is 6.02. The fourth-order valence-electron chi connectivity index (χ4n) is 1.74. The molecule has 0 spiro atoms. The van der Waals surface area contributed by atoms with Crippen molar-refractivity contribution in [3.8, 4) is 17.2 Å². The van der Waals surface area contributed by atoms with Gasteiger partial charge < -0.3 is 15.2 Å². The Morgan fingerprint density at radius 3 is 2.53 bits per heavy atom. The van der Waals surface area contributed by atoms with Crippen LogP contribution in [0.4, 0.5) is 5.69 Å². The number of hydrogen-bond donors (Lipinski definition) is 1. The van der Waals surface area contributed by atoms with Crippen LogP contribution in [0.5, 0.6) is 17.2 Å². The Morgan fingerprint density at radius 1 is 1.11 bits per heavy atom. The predicted molar refractivity (Wildman–Crippen MR) is 78.3 cm³/mol. The zero-order valence-electron chi connectivity index (χ0n) is 10.9. The van der Waals surface area contributed by atoms with Gasteiger partial charge in [-0.15, -0.1) is 0 Å². The van der Waals surface area contributed by atoms with Crippen LogP contribution in [0.25, 0.3) is 0 Å². The molecule has 0 saturated carbocycles. The van der Waals surface area contributed by atoms with E-state index in [0.717, 1.165) is 11.3 Å². The lowest BCUT2D eigenvalue weighted by molar-refractivity contribution is 0.340. The molecule has 0 fully saturated rings. The molecular formula is C15H16ClNO2. The van der Waals surface area contributed by atoms with Gasteiger partial charge in [0.1, 0.15) is 17.2 Å². The van der Waals surface area contributed by atoms with Gasteiger partial charge in [0.25, 0.3) is 0 Å². The lowest BCUT2D eigenvalue weighted by Gasteiger charge is -2.13. The Morgan fingerprint density at radius 2 is 1.84 bits per heavy atom. The number of halogens is 1. The van der Waals surface area contributed by atoms with Crippen LogP contribution in [0, 0.1) is 6.92 Å². The molecule has 2 rings (SSSR count). The molecule has 0 radical (unpaired) electrons.